The number of pyridine rings is 1. The van der Waals surface area contributed by atoms with Gasteiger partial charge in [0.25, 0.3) is 5.91 Å². The smallest absolute Gasteiger partial charge is 0.261 e. The van der Waals surface area contributed by atoms with Gasteiger partial charge < -0.3 is 15.2 Å². The summed E-state index contributed by atoms with van der Waals surface area (Å²) in [5, 5.41) is 2.79. The Morgan fingerprint density at radius 1 is 1.25 bits per heavy atom. The number of hydrogen-bond acceptors (Lipinski definition) is 3. The van der Waals surface area contributed by atoms with Crippen molar-refractivity contribution in [3.8, 4) is 0 Å². The van der Waals surface area contributed by atoms with E-state index in [-0.39, 0.29) is 11.0 Å². The zero-order chi connectivity index (χ0) is 14.5. The summed E-state index contributed by atoms with van der Waals surface area (Å²) in [5.74, 6) is -0.405. The van der Waals surface area contributed by atoms with Crippen molar-refractivity contribution in [3.05, 3.63) is 64.1 Å². The number of amides is 1. The zero-order valence-corrected chi connectivity index (χ0v) is 11.5. The van der Waals surface area contributed by atoms with Crippen molar-refractivity contribution in [3.63, 3.8) is 0 Å². The molecule has 1 aromatic heterocycles. The van der Waals surface area contributed by atoms with Crippen molar-refractivity contribution in [1.82, 2.24) is 9.88 Å². The van der Waals surface area contributed by atoms with Crippen molar-refractivity contribution in [1.29, 1.82) is 0 Å². The molecule has 0 radical (unpaired) electrons. The lowest BCUT2D eigenvalue weighted by Crippen LogP contribution is -2.22. The molecular weight excluding hydrogens is 254 g/mol. The monoisotopic (exact) mass is 271 g/mol. The number of aromatic amines is 1. The van der Waals surface area contributed by atoms with Gasteiger partial charge in [0.15, 0.2) is 5.43 Å². The van der Waals surface area contributed by atoms with Crippen LogP contribution in [0.5, 0.6) is 0 Å². The van der Waals surface area contributed by atoms with E-state index >= 15 is 0 Å². The number of para-hydroxylation sites is 1. The highest BCUT2D eigenvalue weighted by molar-refractivity contribution is 6.04. The second-order valence-corrected chi connectivity index (χ2v) is 4.77. The summed E-state index contributed by atoms with van der Waals surface area (Å²) in [7, 11) is 3.92. The maximum Gasteiger partial charge on any atom is 0.261 e. The summed E-state index contributed by atoms with van der Waals surface area (Å²) in [5.41, 5.74) is 1.52. The minimum Gasteiger partial charge on any atom is -0.367 e. The van der Waals surface area contributed by atoms with Gasteiger partial charge in [0, 0.05) is 30.7 Å². The molecule has 1 amide bonds. The highest BCUT2D eigenvalue weighted by Crippen LogP contribution is 2.16. The lowest BCUT2D eigenvalue weighted by atomic mass is 10.1. The van der Waals surface area contributed by atoms with Crippen LogP contribution < -0.4 is 10.7 Å². The minimum atomic E-state index is -0.405. The van der Waals surface area contributed by atoms with Gasteiger partial charge in [-0.25, -0.2) is 0 Å². The molecule has 104 valence electrons. The predicted octanol–water partition coefficient (Wildman–Crippen LogP) is 1.69. The van der Waals surface area contributed by atoms with Crippen molar-refractivity contribution in [2.24, 2.45) is 0 Å². The average Bonchev–Trinajstić information content (AvgIpc) is 2.41. The number of carbonyl (C=O) groups is 1. The average molecular weight is 271 g/mol. The van der Waals surface area contributed by atoms with Gasteiger partial charge in [-0.3, -0.25) is 9.59 Å². The van der Waals surface area contributed by atoms with Gasteiger partial charge in [0.05, 0.1) is 0 Å². The van der Waals surface area contributed by atoms with E-state index in [1.54, 1.807) is 0 Å². The topological polar surface area (TPSA) is 65.2 Å². The third-order valence-corrected chi connectivity index (χ3v) is 2.82. The zero-order valence-electron chi connectivity index (χ0n) is 11.5. The molecule has 20 heavy (non-hydrogen) atoms. The molecule has 5 heteroatoms. The molecule has 5 nitrogen and oxygen atoms in total. The molecule has 0 saturated heterocycles. The van der Waals surface area contributed by atoms with Gasteiger partial charge in [-0.1, -0.05) is 18.2 Å². The number of benzene rings is 1. The van der Waals surface area contributed by atoms with Gasteiger partial charge in [-0.15, -0.1) is 0 Å². The summed E-state index contributed by atoms with van der Waals surface area (Å²) >= 11 is 0. The van der Waals surface area contributed by atoms with E-state index in [1.807, 2.05) is 43.3 Å². The van der Waals surface area contributed by atoms with Gasteiger partial charge in [0.2, 0.25) is 0 Å². The Morgan fingerprint density at radius 2 is 2.00 bits per heavy atom. The highest BCUT2D eigenvalue weighted by atomic mass is 16.2. The second-order valence-electron chi connectivity index (χ2n) is 4.77. The van der Waals surface area contributed by atoms with Crippen LogP contribution in [0, 0.1) is 0 Å². The Bertz CT molecular complexity index is 662. The molecule has 0 unspecified atom stereocenters. The fourth-order valence-electron chi connectivity index (χ4n) is 1.90. The molecule has 0 aliphatic heterocycles. The molecule has 2 N–H and O–H groups in total. The number of nitrogens with zero attached hydrogens (tertiary/aromatic N) is 1. The molecule has 1 aromatic carbocycles. The molecule has 0 bridgehead atoms. The molecule has 0 aliphatic carbocycles. The highest BCUT2D eigenvalue weighted by Gasteiger charge is 2.11. The second kappa shape index (κ2) is 6.16. The Hall–Kier alpha value is -2.40. The molecule has 0 atom stereocenters. The Balaban J connectivity index is 2.24. The van der Waals surface area contributed by atoms with E-state index in [0.29, 0.717) is 6.54 Å². The first-order chi connectivity index (χ1) is 9.58. The van der Waals surface area contributed by atoms with Crippen LogP contribution in [-0.4, -0.2) is 29.9 Å². The first-order valence-electron chi connectivity index (χ1n) is 6.29. The van der Waals surface area contributed by atoms with Crippen LogP contribution in [0.25, 0.3) is 0 Å². The van der Waals surface area contributed by atoms with Gasteiger partial charge >= 0.3 is 0 Å². The fraction of sp³-hybridized carbons (Fsp3) is 0.200. The molecule has 0 saturated carbocycles. The van der Waals surface area contributed by atoms with E-state index in [2.05, 4.69) is 10.3 Å². The van der Waals surface area contributed by atoms with E-state index in [9.17, 15) is 9.59 Å². The fourth-order valence-corrected chi connectivity index (χ4v) is 1.90. The van der Waals surface area contributed by atoms with E-state index in [0.717, 1.165) is 11.3 Å². The van der Waals surface area contributed by atoms with E-state index in [4.69, 9.17) is 0 Å². The normalized spacial score (nSPS) is 10.6. The summed E-state index contributed by atoms with van der Waals surface area (Å²) in [4.78, 5) is 28.5. The maximum atomic E-state index is 12.1. The van der Waals surface area contributed by atoms with Crippen LogP contribution >= 0.6 is 0 Å². The third kappa shape index (κ3) is 3.33. The molecule has 1 heterocycles. The van der Waals surface area contributed by atoms with E-state index in [1.165, 1.54) is 18.5 Å². The molecule has 2 rings (SSSR count). The summed E-state index contributed by atoms with van der Waals surface area (Å²) in [6, 6.07) is 8.88. The number of anilines is 1. The van der Waals surface area contributed by atoms with Gasteiger partial charge in [-0.05, 0) is 25.7 Å². The van der Waals surface area contributed by atoms with Crippen LogP contribution in [0.4, 0.5) is 5.69 Å². The van der Waals surface area contributed by atoms with Crippen LogP contribution in [0.2, 0.25) is 0 Å². The molecule has 0 aliphatic rings. The summed E-state index contributed by atoms with van der Waals surface area (Å²) < 4.78 is 0. The van der Waals surface area contributed by atoms with Crippen LogP contribution in [0.1, 0.15) is 15.9 Å². The van der Waals surface area contributed by atoms with Crippen LogP contribution in [-0.2, 0) is 6.54 Å². The lowest BCUT2D eigenvalue weighted by Gasteiger charge is -2.14. The Labute approximate surface area is 117 Å². The SMILES string of the molecule is CN(C)Cc1ccccc1NC(=O)c1c[nH]ccc1=O. The molecular formula is C15H17N3O2. The molecule has 0 fully saturated rings. The van der Waals surface area contributed by atoms with Crippen molar-refractivity contribution < 1.29 is 4.79 Å². The lowest BCUT2D eigenvalue weighted by molar-refractivity contribution is 0.102. The summed E-state index contributed by atoms with van der Waals surface area (Å²) in [6.07, 6.45) is 2.91. The minimum absolute atomic E-state index is 0.104. The van der Waals surface area contributed by atoms with Crippen molar-refractivity contribution in [2.45, 2.75) is 6.54 Å². The first-order valence-corrected chi connectivity index (χ1v) is 6.29. The van der Waals surface area contributed by atoms with Crippen molar-refractivity contribution in [2.75, 3.05) is 19.4 Å². The van der Waals surface area contributed by atoms with Crippen LogP contribution in [0.3, 0.4) is 0 Å². The summed E-state index contributed by atoms with van der Waals surface area (Å²) in [6.45, 7) is 0.710. The van der Waals surface area contributed by atoms with Crippen LogP contribution in [0.15, 0.2) is 47.5 Å². The number of aromatic nitrogens is 1. The number of H-pyrrole nitrogens is 1. The van der Waals surface area contributed by atoms with Gasteiger partial charge in [0.1, 0.15) is 5.56 Å². The first kappa shape index (κ1) is 14.0. The predicted molar refractivity (Wildman–Crippen MR) is 78.8 cm³/mol. The van der Waals surface area contributed by atoms with Crippen molar-refractivity contribution >= 4 is 11.6 Å². The standard InChI is InChI=1S/C15H17N3O2/c1-18(2)10-11-5-3-4-6-13(11)17-15(20)12-9-16-8-7-14(12)19/h3-9H,10H2,1-2H3,(H,16,19)(H,17,20). The Kier molecular flexibility index (Phi) is 4.32. The quantitative estimate of drug-likeness (QED) is 0.889. The number of nitrogens with one attached hydrogen (secondary N) is 2. The molecule has 0 spiro atoms. The number of rotatable bonds is 4. The van der Waals surface area contributed by atoms with E-state index < -0.39 is 5.91 Å². The Morgan fingerprint density at radius 3 is 2.70 bits per heavy atom. The number of hydrogen-bond donors (Lipinski definition) is 2. The maximum absolute atomic E-state index is 12.1. The third-order valence-electron chi connectivity index (χ3n) is 2.82. The van der Waals surface area contributed by atoms with Gasteiger partial charge in [-0.2, -0.15) is 0 Å². The largest absolute Gasteiger partial charge is 0.367 e. The molecule has 2 aromatic rings. The number of carbonyl (C=O) groups excluding carboxylic acids is 1.